The summed E-state index contributed by atoms with van der Waals surface area (Å²) < 4.78 is 38.9. The lowest BCUT2D eigenvalue weighted by molar-refractivity contribution is 0.0784. The van der Waals surface area contributed by atoms with Crippen LogP contribution in [0.3, 0.4) is 0 Å². The topological polar surface area (TPSA) is 20.3 Å². The van der Waals surface area contributed by atoms with E-state index in [0.29, 0.717) is 6.07 Å². The Balaban J connectivity index is 2.14. The van der Waals surface area contributed by atoms with Crippen LogP contribution in [0.2, 0.25) is 0 Å². The molecule has 0 spiro atoms. The van der Waals surface area contributed by atoms with Gasteiger partial charge in [-0.1, -0.05) is 12.1 Å². The molecular formula is C15H12F3NO. The van der Waals surface area contributed by atoms with Gasteiger partial charge in [-0.05, 0) is 29.8 Å². The molecular weight excluding hydrogens is 267 g/mol. The Labute approximate surface area is 114 Å². The van der Waals surface area contributed by atoms with Gasteiger partial charge in [0.25, 0.3) is 5.91 Å². The van der Waals surface area contributed by atoms with Crippen molar-refractivity contribution >= 4 is 5.91 Å². The molecule has 2 nitrogen and oxygen atoms in total. The number of nitrogens with zero attached hydrogens (tertiary/aromatic N) is 1. The molecule has 0 aliphatic rings. The first-order valence-corrected chi connectivity index (χ1v) is 5.92. The number of hydrogen-bond acceptors (Lipinski definition) is 1. The zero-order valence-corrected chi connectivity index (χ0v) is 10.7. The lowest BCUT2D eigenvalue weighted by Crippen LogP contribution is -2.26. The summed E-state index contributed by atoms with van der Waals surface area (Å²) in [6.45, 7) is 0.219. The van der Waals surface area contributed by atoms with Gasteiger partial charge in [0, 0.05) is 25.2 Å². The highest BCUT2D eigenvalue weighted by molar-refractivity contribution is 5.94. The van der Waals surface area contributed by atoms with Gasteiger partial charge in [0.05, 0.1) is 0 Å². The van der Waals surface area contributed by atoms with Gasteiger partial charge in [0.1, 0.15) is 17.5 Å². The van der Waals surface area contributed by atoms with Crippen molar-refractivity contribution in [3.63, 3.8) is 0 Å². The maximum Gasteiger partial charge on any atom is 0.254 e. The number of hydrogen-bond donors (Lipinski definition) is 0. The molecule has 2 rings (SSSR count). The third-order valence-electron chi connectivity index (χ3n) is 2.79. The van der Waals surface area contributed by atoms with Gasteiger partial charge in [-0.15, -0.1) is 0 Å². The van der Waals surface area contributed by atoms with E-state index in [1.54, 1.807) is 12.1 Å². The van der Waals surface area contributed by atoms with Crippen LogP contribution in [-0.2, 0) is 6.54 Å². The molecule has 0 N–H and O–H groups in total. The van der Waals surface area contributed by atoms with Crippen LogP contribution in [0.4, 0.5) is 13.2 Å². The average Bonchev–Trinajstić information content (AvgIpc) is 2.39. The Morgan fingerprint density at radius 3 is 2.05 bits per heavy atom. The monoisotopic (exact) mass is 279 g/mol. The molecule has 0 aromatic heterocycles. The summed E-state index contributed by atoms with van der Waals surface area (Å²) in [6.07, 6.45) is 0. The summed E-state index contributed by atoms with van der Waals surface area (Å²) in [5, 5.41) is 0. The van der Waals surface area contributed by atoms with E-state index in [4.69, 9.17) is 0 Å². The van der Waals surface area contributed by atoms with E-state index in [1.807, 2.05) is 0 Å². The second-order valence-corrected chi connectivity index (χ2v) is 4.45. The van der Waals surface area contributed by atoms with Gasteiger partial charge < -0.3 is 4.90 Å². The van der Waals surface area contributed by atoms with E-state index >= 15 is 0 Å². The largest absolute Gasteiger partial charge is 0.337 e. The first-order chi connectivity index (χ1) is 9.45. The molecule has 0 saturated heterocycles. The summed E-state index contributed by atoms with van der Waals surface area (Å²) in [6, 6.07) is 8.33. The van der Waals surface area contributed by atoms with E-state index in [9.17, 15) is 18.0 Å². The van der Waals surface area contributed by atoms with E-state index in [-0.39, 0.29) is 17.9 Å². The SMILES string of the molecule is CN(Cc1ccc(F)cc1)C(=O)c1cc(F)cc(F)c1. The molecule has 0 unspecified atom stereocenters. The Morgan fingerprint density at radius 2 is 1.50 bits per heavy atom. The van der Waals surface area contributed by atoms with E-state index in [1.165, 1.54) is 24.1 Å². The van der Waals surface area contributed by atoms with Crippen molar-refractivity contribution in [3.05, 3.63) is 71.0 Å². The summed E-state index contributed by atoms with van der Waals surface area (Å²) in [4.78, 5) is 13.3. The highest BCUT2D eigenvalue weighted by atomic mass is 19.1. The normalized spacial score (nSPS) is 10.4. The van der Waals surface area contributed by atoms with Gasteiger partial charge in [-0.3, -0.25) is 4.79 Å². The van der Waals surface area contributed by atoms with Crippen molar-refractivity contribution in [1.82, 2.24) is 4.90 Å². The van der Waals surface area contributed by atoms with Crippen molar-refractivity contribution in [2.75, 3.05) is 7.05 Å². The van der Waals surface area contributed by atoms with Crippen molar-refractivity contribution in [1.29, 1.82) is 0 Å². The number of carbonyl (C=O) groups excluding carboxylic acids is 1. The average molecular weight is 279 g/mol. The molecule has 0 aliphatic heterocycles. The Hall–Kier alpha value is -2.30. The fourth-order valence-corrected chi connectivity index (χ4v) is 1.83. The zero-order valence-electron chi connectivity index (χ0n) is 10.7. The first kappa shape index (κ1) is 14.1. The van der Waals surface area contributed by atoms with Crippen molar-refractivity contribution in [2.24, 2.45) is 0 Å². The molecule has 20 heavy (non-hydrogen) atoms. The van der Waals surface area contributed by atoms with E-state index < -0.39 is 17.5 Å². The smallest absolute Gasteiger partial charge is 0.254 e. The molecule has 0 fully saturated rings. The summed E-state index contributed by atoms with van der Waals surface area (Å²) in [5.41, 5.74) is 0.659. The molecule has 0 bridgehead atoms. The summed E-state index contributed by atoms with van der Waals surface area (Å²) >= 11 is 0. The molecule has 0 radical (unpaired) electrons. The molecule has 2 aromatic rings. The molecule has 0 aliphatic carbocycles. The Bertz CT molecular complexity index is 605. The van der Waals surface area contributed by atoms with Crippen LogP contribution >= 0.6 is 0 Å². The fraction of sp³-hybridized carbons (Fsp3) is 0.133. The molecule has 0 atom stereocenters. The summed E-state index contributed by atoms with van der Waals surface area (Å²) in [7, 11) is 1.51. The third-order valence-corrected chi connectivity index (χ3v) is 2.79. The minimum absolute atomic E-state index is 0.0629. The van der Waals surface area contributed by atoms with Crippen LogP contribution in [0.25, 0.3) is 0 Å². The molecule has 2 aromatic carbocycles. The predicted molar refractivity (Wildman–Crippen MR) is 68.6 cm³/mol. The molecule has 0 saturated carbocycles. The first-order valence-electron chi connectivity index (χ1n) is 5.92. The summed E-state index contributed by atoms with van der Waals surface area (Å²) in [5.74, 6) is -2.48. The highest BCUT2D eigenvalue weighted by Gasteiger charge is 2.14. The Morgan fingerprint density at radius 1 is 0.950 bits per heavy atom. The lowest BCUT2D eigenvalue weighted by Gasteiger charge is -2.17. The number of amides is 1. The maximum atomic E-state index is 13.1. The number of carbonyl (C=O) groups is 1. The van der Waals surface area contributed by atoms with Crippen molar-refractivity contribution in [3.8, 4) is 0 Å². The number of rotatable bonds is 3. The lowest BCUT2D eigenvalue weighted by atomic mass is 10.1. The minimum atomic E-state index is -0.802. The van der Waals surface area contributed by atoms with Gasteiger partial charge >= 0.3 is 0 Å². The van der Waals surface area contributed by atoms with Crippen LogP contribution in [-0.4, -0.2) is 17.9 Å². The second-order valence-electron chi connectivity index (χ2n) is 4.45. The predicted octanol–water partition coefficient (Wildman–Crippen LogP) is 3.38. The quantitative estimate of drug-likeness (QED) is 0.843. The third kappa shape index (κ3) is 3.38. The van der Waals surface area contributed by atoms with Crippen molar-refractivity contribution < 1.29 is 18.0 Å². The van der Waals surface area contributed by atoms with Crippen LogP contribution in [0, 0.1) is 17.5 Å². The van der Waals surface area contributed by atoms with Gasteiger partial charge in [-0.2, -0.15) is 0 Å². The Kier molecular flexibility index (Phi) is 4.08. The number of halogens is 3. The molecule has 0 heterocycles. The molecule has 5 heteroatoms. The minimum Gasteiger partial charge on any atom is -0.337 e. The van der Waals surface area contributed by atoms with Crippen LogP contribution in [0.15, 0.2) is 42.5 Å². The van der Waals surface area contributed by atoms with E-state index in [2.05, 4.69) is 0 Å². The van der Waals surface area contributed by atoms with Gasteiger partial charge in [-0.25, -0.2) is 13.2 Å². The van der Waals surface area contributed by atoms with Crippen LogP contribution in [0.5, 0.6) is 0 Å². The van der Waals surface area contributed by atoms with E-state index in [0.717, 1.165) is 17.7 Å². The van der Waals surface area contributed by atoms with Crippen LogP contribution in [0.1, 0.15) is 15.9 Å². The number of benzene rings is 2. The highest BCUT2D eigenvalue weighted by Crippen LogP contribution is 2.12. The van der Waals surface area contributed by atoms with Crippen molar-refractivity contribution in [2.45, 2.75) is 6.54 Å². The fourth-order valence-electron chi connectivity index (χ4n) is 1.83. The van der Waals surface area contributed by atoms with Gasteiger partial charge in [0.15, 0.2) is 0 Å². The molecule has 1 amide bonds. The van der Waals surface area contributed by atoms with Gasteiger partial charge in [0.2, 0.25) is 0 Å². The van der Waals surface area contributed by atoms with Crippen LogP contribution < -0.4 is 0 Å². The standard InChI is InChI=1S/C15H12F3NO/c1-19(9-10-2-4-12(16)5-3-10)15(20)11-6-13(17)8-14(18)7-11/h2-8H,9H2,1H3. The zero-order chi connectivity index (χ0) is 14.7. The maximum absolute atomic E-state index is 13.1. The molecule has 104 valence electrons. The second kappa shape index (κ2) is 5.77.